The smallest absolute Gasteiger partial charge is 0.339 e. The summed E-state index contributed by atoms with van der Waals surface area (Å²) in [5.41, 5.74) is 0.466. The first-order chi connectivity index (χ1) is 8.06. The van der Waals surface area contributed by atoms with Crippen molar-refractivity contribution >= 4 is 27.9 Å². The van der Waals surface area contributed by atoms with Crippen LogP contribution in [0.15, 0.2) is 22.7 Å². The minimum atomic E-state index is -1.03. The summed E-state index contributed by atoms with van der Waals surface area (Å²) in [6, 6.07) is 4.21. The van der Waals surface area contributed by atoms with Crippen LogP contribution in [0.3, 0.4) is 0 Å². The van der Waals surface area contributed by atoms with Crippen molar-refractivity contribution in [2.45, 2.75) is 19.8 Å². The van der Waals surface area contributed by atoms with Gasteiger partial charge < -0.3 is 9.84 Å². The molecule has 4 nitrogen and oxygen atoms in total. The predicted molar refractivity (Wildman–Crippen MR) is 66.3 cm³/mol. The second kappa shape index (κ2) is 6.39. The molecule has 1 rings (SSSR count). The van der Waals surface area contributed by atoms with Crippen LogP contribution in [0.5, 0.6) is 0 Å². The monoisotopic (exact) mass is 300 g/mol. The van der Waals surface area contributed by atoms with Crippen molar-refractivity contribution in [1.29, 1.82) is 0 Å². The highest BCUT2D eigenvalue weighted by Gasteiger charge is 2.13. The van der Waals surface area contributed by atoms with Crippen molar-refractivity contribution in [3.8, 4) is 0 Å². The van der Waals surface area contributed by atoms with Gasteiger partial charge in [0.05, 0.1) is 17.7 Å². The molecule has 0 radical (unpaired) electrons. The van der Waals surface area contributed by atoms with Crippen LogP contribution >= 0.6 is 15.9 Å². The standard InChI is InChI=1S/C12H13BrO4/c1-2-3-6-17-12(16)9-5-4-8(11(14)15)7-10(9)13/h4-5,7H,2-3,6H2,1H3,(H,14,15). The molecule has 0 spiro atoms. The molecular weight excluding hydrogens is 288 g/mol. The van der Waals surface area contributed by atoms with Gasteiger partial charge in [0, 0.05) is 4.47 Å². The third-order valence-corrected chi connectivity index (χ3v) is 2.82. The molecule has 0 aliphatic heterocycles. The van der Waals surface area contributed by atoms with Gasteiger partial charge >= 0.3 is 11.9 Å². The summed E-state index contributed by atoms with van der Waals surface area (Å²) in [7, 11) is 0. The number of rotatable bonds is 5. The maximum atomic E-state index is 11.6. The van der Waals surface area contributed by atoms with Crippen LogP contribution in [-0.4, -0.2) is 23.7 Å². The maximum Gasteiger partial charge on any atom is 0.339 e. The zero-order chi connectivity index (χ0) is 12.8. The van der Waals surface area contributed by atoms with Gasteiger partial charge in [-0.05, 0) is 40.5 Å². The lowest BCUT2D eigenvalue weighted by atomic mass is 10.1. The van der Waals surface area contributed by atoms with Crippen molar-refractivity contribution in [2.24, 2.45) is 0 Å². The lowest BCUT2D eigenvalue weighted by Crippen LogP contribution is -2.08. The number of ether oxygens (including phenoxy) is 1. The van der Waals surface area contributed by atoms with Crippen LogP contribution in [0.25, 0.3) is 0 Å². The van der Waals surface area contributed by atoms with Crippen molar-refractivity contribution in [1.82, 2.24) is 0 Å². The quantitative estimate of drug-likeness (QED) is 0.670. The fourth-order valence-corrected chi connectivity index (χ4v) is 1.74. The largest absolute Gasteiger partial charge is 0.478 e. The van der Waals surface area contributed by atoms with Crippen LogP contribution < -0.4 is 0 Å². The molecular formula is C12H13BrO4. The molecule has 0 unspecified atom stereocenters. The average Bonchev–Trinajstić information content (AvgIpc) is 2.28. The number of aromatic carboxylic acids is 1. The number of carbonyl (C=O) groups excluding carboxylic acids is 1. The molecule has 0 amide bonds. The van der Waals surface area contributed by atoms with Crippen molar-refractivity contribution in [3.05, 3.63) is 33.8 Å². The Bertz CT molecular complexity index is 429. The first-order valence-electron chi connectivity index (χ1n) is 5.26. The van der Waals surface area contributed by atoms with Gasteiger partial charge in [0.15, 0.2) is 0 Å². The van der Waals surface area contributed by atoms with Crippen molar-refractivity contribution in [2.75, 3.05) is 6.61 Å². The number of carbonyl (C=O) groups is 2. The molecule has 0 bridgehead atoms. The molecule has 0 aliphatic rings. The minimum Gasteiger partial charge on any atom is -0.478 e. The van der Waals surface area contributed by atoms with Crippen molar-refractivity contribution < 1.29 is 19.4 Å². The number of hydrogen-bond acceptors (Lipinski definition) is 3. The lowest BCUT2D eigenvalue weighted by molar-refractivity contribution is 0.0497. The van der Waals surface area contributed by atoms with Crippen LogP contribution in [-0.2, 0) is 4.74 Å². The molecule has 0 heterocycles. The Morgan fingerprint density at radius 3 is 2.65 bits per heavy atom. The zero-order valence-electron chi connectivity index (χ0n) is 9.40. The van der Waals surface area contributed by atoms with E-state index in [0.717, 1.165) is 12.8 Å². The molecule has 1 aromatic rings. The van der Waals surface area contributed by atoms with E-state index < -0.39 is 11.9 Å². The summed E-state index contributed by atoms with van der Waals surface area (Å²) in [5, 5.41) is 8.78. The van der Waals surface area contributed by atoms with Gasteiger partial charge in [-0.2, -0.15) is 0 Å². The normalized spacial score (nSPS) is 10.0. The molecule has 5 heteroatoms. The van der Waals surface area contributed by atoms with E-state index in [4.69, 9.17) is 9.84 Å². The van der Waals surface area contributed by atoms with E-state index in [1.807, 2.05) is 6.92 Å². The summed E-state index contributed by atoms with van der Waals surface area (Å²) < 4.78 is 5.46. The van der Waals surface area contributed by atoms with Gasteiger partial charge in [-0.1, -0.05) is 13.3 Å². The number of esters is 1. The summed E-state index contributed by atoms with van der Waals surface area (Å²) in [5.74, 6) is -1.47. The van der Waals surface area contributed by atoms with Crippen LogP contribution in [0.4, 0.5) is 0 Å². The number of carboxylic acids is 1. The number of carboxylic acid groups (broad SMARTS) is 1. The highest BCUT2D eigenvalue weighted by Crippen LogP contribution is 2.19. The fourth-order valence-electron chi connectivity index (χ4n) is 1.20. The molecule has 1 N–H and O–H groups in total. The summed E-state index contributed by atoms with van der Waals surface area (Å²) in [4.78, 5) is 22.3. The predicted octanol–water partition coefficient (Wildman–Crippen LogP) is 3.10. The molecule has 0 atom stereocenters. The maximum absolute atomic E-state index is 11.6. The van der Waals surface area contributed by atoms with E-state index in [-0.39, 0.29) is 5.56 Å². The van der Waals surface area contributed by atoms with Crippen LogP contribution in [0, 0.1) is 0 Å². The number of halogens is 1. The Hall–Kier alpha value is -1.36. The van der Waals surface area contributed by atoms with E-state index in [9.17, 15) is 9.59 Å². The Balaban J connectivity index is 2.78. The van der Waals surface area contributed by atoms with Gasteiger partial charge in [0.1, 0.15) is 0 Å². The summed E-state index contributed by atoms with van der Waals surface area (Å²) in [6.45, 7) is 2.38. The summed E-state index contributed by atoms with van der Waals surface area (Å²) in [6.07, 6.45) is 1.77. The molecule has 0 saturated heterocycles. The van der Waals surface area contributed by atoms with Gasteiger partial charge in [-0.25, -0.2) is 9.59 Å². The highest BCUT2D eigenvalue weighted by molar-refractivity contribution is 9.10. The zero-order valence-corrected chi connectivity index (χ0v) is 11.0. The Morgan fingerprint density at radius 2 is 2.12 bits per heavy atom. The van der Waals surface area contributed by atoms with E-state index >= 15 is 0 Å². The van der Waals surface area contributed by atoms with E-state index in [1.165, 1.54) is 18.2 Å². The topological polar surface area (TPSA) is 63.6 Å². The van der Waals surface area contributed by atoms with Gasteiger partial charge in [-0.3, -0.25) is 0 Å². The number of unbranched alkanes of at least 4 members (excludes halogenated alkanes) is 1. The Labute approximate surface area is 108 Å². The number of benzene rings is 1. The van der Waals surface area contributed by atoms with E-state index in [2.05, 4.69) is 15.9 Å². The molecule has 1 aromatic carbocycles. The lowest BCUT2D eigenvalue weighted by Gasteiger charge is -2.06. The first kappa shape index (κ1) is 13.7. The molecule has 0 aromatic heterocycles. The molecule has 92 valence electrons. The van der Waals surface area contributed by atoms with E-state index in [1.54, 1.807) is 0 Å². The Morgan fingerprint density at radius 1 is 1.41 bits per heavy atom. The third kappa shape index (κ3) is 3.85. The molecule has 0 aliphatic carbocycles. The van der Waals surface area contributed by atoms with Gasteiger partial charge in [-0.15, -0.1) is 0 Å². The Kier molecular flexibility index (Phi) is 5.15. The van der Waals surface area contributed by atoms with Gasteiger partial charge in [0.25, 0.3) is 0 Å². The first-order valence-corrected chi connectivity index (χ1v) is 6.05. The number of hydrogen-bond donors (Lipinski definition) is 1. The highest BCUT2D eigenvalue weighted by atomic mass is 79.9. The second-order valence-electron chi connectivity index (χ2n) is 3.49. The third-order valence-electron chi connectivity index (χ3n) is 2.17. The fraction of sp³-hybridized carbons (Fsp3) is 0.333. The molecule has 0 saturated carbocycles. The van der Waals surface area contributed by atoms with E-state index in [0.29, 0.717) is 16.6 Å². The van der Waals surface area contributed by atoms with Crippen LogP contribution in [0.2, 0.25) is 0 Å². The SMILES string of the molecule is CCCCOC(=O)c1ccc(C(=O)O)cc1Br. The van der Waals surface area contributed by atoms with Gasteiger partial charge in [0.2, 0.25) is 0 Å². The summed E-state index contributed by atoms with van der Waals surface area (Å²) >= 11 is 3.16. The van der Waals surface area contributed by atoms with Crippen molar-refractivity contribution in [3.63, 3.8) is 0 Å². The average molecular weight is 301 g/mol. The minimum absolute atomic E-state index is 0.127. The molecule has 17 heavy (non-hydrogen) atoms. The van der Waals surface area contributed by atoms with Crippen LogP contribution in [0.1, 0.15) is 40.5 Å². The molecule has 0 fully saturated rings. The second-order valence-corrected chi connectivity index (χ2v) is 4.34.